The van der Waals surface area contributed by atoms with Crippen LogP contribution in [0.3, 0.4) is 0 Å². The fourth-order valence-corrected chi connectivity index (χ4v) is 1.31. The molecule has 0 fully saturated rings. The molecular formula is C13H16F3N3O4. The van der Waals surface area contributed by atoms with Gasteiger partial charge in [-0.25, -0.2) is 20.4 Å². The number of hydrogen-bond donors (Lipinski definition) is 3. The molecule has 0 saturated carbocycles. The van der Waals surface area contributed by atoms with Gasteiger partial charge in [-0.3, -0.25) is 0 Å². The number of ether oxygens (including phenoxy) is 2. The highest BCUT2D eigenvalue weighted by Crippen LogP contribution is 2.23. The Labute approximate surface area is 130 Å². The lowest BCUT2D eigenvalue weighted by atomic mass is 10.2. The second-order valence-electron chi connectivity index (χ2n) is 5.28. The molecule has 1 aromatic rings. The van der Waals surface area contributed by atoms with Crippen molar-refractivity contribution >= 4 is 17.8 Å². The Bertz CT molecular complexity index is 553. The second-order valence-corrected chi connectivity index (χ2v) is 5.28. The largest absolute Gasteiger partial charge is 0.573 e. The van der Waals surface area contributed by atoms with Crippen LogP contribution in [0.15, 0.2) is 24.3 Å². The van der Waals surface area contributed by atoms with Crippen molar-refractivity contribution < 1.29 is 32.2 Å². The molecule has 0 aliphatic heterocycles. The van der Waals surface area contributed by atoms with E-state index in [0.29, 0.717) is 0 Å². The Morgan fingerprint density at radius 3 is 2.04 bits per heavy atom. The monoisotopic (exact) mass is 335 g/mol. The topological polar surface area (TPSA) is 88.7 Å². The van der Waals surface area contributed by atoms with E-state index < -0.39 is 29.8 Å². The van der Waals surface area contributed by atoms with Crippen molar-refractivity contribution in [2.45, 2.75) is 32.7 Å². The number of halogens is 3. The van der Waals surface area contributed by atoms with Crippen molar-refractivity contribution in [3.63, 3.8) is 0 Å². The van der Waals surface area contributed by atoms with Crippen LogP contribution in [0.2, 0.25) is 0 Å². The van der Waals surface area contributed by atoms with Gasteiger partial charge in [-0.2, -0.15) is 0 Å². The maximum atomic E-state index is 12.0. The highest BCUT2D eigenvalue weighted by atomic mass is 19.4. The van der Waals surface area contributed by atoms with Gasteiger partial charge < -0.3 is 14.8 Å². The summed E-state index contributed by atoms with van der Waals surface area (Å²) in [4.78, 5) is 22.8. The summed E-state index contributed by atoms with van der Waals surface area (Å²) in [5.74, 6) is -0.421. The SMILES string of the molecule is CC(C)(C)OC(=O)NNC(=O)Nc1ccc(OC(F)(F)F)cc1. The summed E-state index contributed by atoms with van der Waals surface area (Å²) in [5.41, 5.74) is 3.50. The molecular weight excluding hydrogens is 319 g/mol. The summed E-state index contributed by atoms with van der Waals surface area (Å²) in [7, 11) is 0. The van der Waals surface area contributed by atoms with Crippen molar-refractivity contribution in [1.82, 2.24) is 10.9 Å². The first-order valence-corrected chi connectivity index (χ1v) is 6.36. The van der Waals surface area contributed by atoms with Crippen molar-refractivity contribution in [2.24, 2.45) is 0 Å². The summed E-state index contributed by atoms with van der Waals surface area (Å²) in [5, 5.41) is 2.29. The van der Waals surface area contributed by atoms with Crippen molar-refractivity contribution in [3.05, 3.63) is 24.3 Å². The number of benzene rings is 1. The normalized spacial score (nSPS) is 11.4. The van der Waals surface area contributed by atoms with E-state index in [4.69, 9.17) is 4.74 Å². The lowest BCUT2D eigenvalue weighted by Crippen LogP contribution is -2.46. The van der Waals surface area contributed by atoms with Crippen LogP contribution in [0.5, 0.6) is 5.75 Å². The minimum Gasteiger partial charge on any atom is -0.443 e. The molecule has 0 atom stereocenters. The van der Waals surface area contributed by atoms with Crippen LogP contribution in [0.4, 0.5) is 28.4 Å². The number of hydrogen-bond acceptors (Lipinski definition) is 4. The number of rotatable bonds is 2. The number of alkyl halides is 3. The van der Waals surface area contributed by atoms with E-state index in [9.17, 15) is 22.8 Å². The van der Waals surface area contributed by atoms with Crippen LogP contribution >= 0.6 is 0 Å². The van der Waals surface area contributed by atoms with E-state index in [2.05, 4.69) is 10.1 Å². The van der Waals surface area contributed by atoms with E-state index in [1.807, 2.05) is 10.9 Å². The minimum absolute atomic E-state index is 0.197. The van der Waals surface area contributed by atoms with Gasteiger partial charge in [0.15, 0.2) is 0 Å². The molecule has 0 aliphatic carbocycles. The molecule has 7 nitrogen and oxygen atoms in total. The average molecular weight is 335 g/mol. The van der Waals surface area contributed by atoms with Gasteiger partial charge in [-0.05, 0) is 45.0 Å². The highest BCUT2D eigenvalue weighted by molar-refractivity contribution is 5.90. The maximum absolute atomic E-state index is 12.0. The molecule has 0 aromatic heterocycles. The standard InChI is InChI=1S/C13H16F3N3O4/c1-12(2,3)23-11(21)19-18-10(20)17-8-4-6-9(7-5-8)22-13(14,15)16/h4-7H,1-3H3,(H,19,21)(H2,17,18,20). The zero-order valence-corrected chi connectivity index (χ0v) is 12.6. The predicted octanol–water partition coefficient (Wildman–Crippen LogP) is 3.15. The Morgan fingerprint density at radius 1 is 1.00 bits per heavy atom. The number of amides is 3. The van der Waals surface area contributed by atoms with Crippen LogP contribution in [0, 0.1) is 0 Å². The van der Waals surface area contributed by atoms with E-state index in [-0.39, 0.29) is 5.69 Å². The van der Waals surface area contributed by atoms with Gasteiger partial charge in [0.1, 0.15) is 11.4 Å². The molecule has 0 aliphatic rings. The van der Waals surface area contributed by atoms with E-state index in [0.717, 1.165) is 12.1 Å². The van der Waals surface area contributed by atoms with Gasteiger partial charge in [0.25, 0.3) is 0 Å². The summed E-state index contributed by atoms with van der Waals surface area (Å²) < 4.78 is 44.5. The number of nitrogens with one attached hydrogen (secondary N) is 3. The molecule has 3 N–H and O–H groups in total. The molecule has 10 heteroatoms. The van der Waals surface area contributed by atoms with Crippen molar-refractivity contribution in [1.29, 1.82) is 0 Å². The third-order valence-corrected chi connectivity index (χ3v) is 2.02. The third-order valence-electron chi connectivity index (χ3n) is 2.02. The molecule has 1 aromatic carbocycles. The first-order chi connectivity index (χ1) is 10.4. The maximum Gasteiger partial charge on any atom is 0.573 e. The van der Waals surface area contributed by atoms with E-state index in [1.54, 1.807) is 20.8 Å². The Balaban J connectivity index is 2.44. The van der Waals surface area contributed by atoms with Crippen LogP contribution in [-0.2, 0) is 4.74 Å². The van der Waals surface area contributed by atoms with Crippen LogP contribution in [0.25, 0.3) is 0 Å². The molecule has 23 heavy (non-hydrogen) atoms. The van der Waals surface area contributed by atoms with Gasteiger partial charge in [-0.1, -0.05) is 0 Å². The Hall–Kier alpha value is -2.65. The Morgan fingerprint density at radius 2 is 1.57 bits per heavy atom. The molecule has 0 radical (unpaired) electrons. The summed E-state index contributed by atoms with van der Waals surface area (Å²) in [6, 6.07) is 3.66. The number of urea groups is 1. The van der Waals surface area contributed by atoms with E-state index >= 15 is 0 Å². The molecule has 0 heterocycles. The molecule has 0 spiro atoms. The molecule has 0 saturated heterocycles. The summed E-state index contributed by atoms with van der Waals surface area (Å²) >= 11 is 0. The fraction of sp³-hybridized carbons (Fsp3) is 0.385. The molecule has 0 bridgehead atoms. The fourth-order valence-electron chi connectivity index (χ4n) is 1.31. The lowest BCUT2D eigenvalue weighted by molar-refractivity contribution is -0.274. The van der Waals surface area contributed by atoms with Gasteiger partial charge >= 0.3 is 18.5 Å². The zero-order valence-electron chi connectivity index (χ0n) is 12.6. The highest BCUT2D eigenvalue weighted by Gasteiger charge is 2.30. The first kappa shape index (κ1) is 18.4. The smallest absolute Gasteiger partial charge is 0.443 e. The lowest BCUT2D eigenvalue weighted by Gasteiger charge is -2.19. The number of anilines is 1. The van der Waals surface area contributed by atoms with Crippen molar-refractivity contribution in [3.8, 4) is 5.75 Å². The molecule has 3 amide bonds. The molecule has 1 rings (SSSR count). The van der Waals surface area contributed by atoms with Crippen molar-refractivity contribution in [2.75, 3.05) is 5.32 Å². The van der Waals surface area contributed by atoms with Crippen LogP contribution in [-0.4, -0.2) is 24.1 Å². The quantitative estimate of drug-likeness (QED) is 0.725. The summed E-state index contributed by atoms with van der Waals surface area (Å²) in [6.07, 6.45) is -5.65. The molecule has 0 unspecified atom stereocenters. The number of hydrazine groups is 1. The average Bonchev–Trinajstić information content (AvgIpc) is 2.35. The van der Waals surface area contributed by atoms with Gasteiger partial charge in [0, 0.05) is 5.69 Å². The van der Waals surface area contributed by atoms with Gasteiger partial charge in [-0.15, -0.1) is 13.2 Å². The number of carbonyl (C=O) groups is 2. The van der Waals surface area contributed by atoms with Gasteiger partial charge in [0.2, 0.25) is 0 Å². The van der Waals surface area contributed by atoms with Gasteiger partial charge in [0.05, 0.1) is 0 Å². The number of carbonyl (C=O) groups excluding carboxylic acids is 2. The zero-order chi connectivity index (χ0) is 17.7. The molecule has 128 valence electrons. The summed E-state index contributed by atoms with van der Waals surface area (Å²) in [6.45, 7) is 4.95. The van der Waals surface area contributed by atoms with E-state index in [1.165, 1.54) is 12.1 Å². The van der Waals surface area contributed by atoms with Crippen LogP contribution in [0.1, 0.15) is 20.8 Å². The second kappa shape index (κ2) is 7.07. The van der Waals surface area contributed by atoms with Crippen LogP contribution < -0.4 is 20.9 Å². The predicted molar refractivity (Wildman–Crippen MR) is 74.6 cm³/mol. The first-order valence-electron chi connectivity index (χ1n) is 6.36. The minimum atomic E-state index is -4.79. The Kier molecular flexibility index (Phi) is 5.66. The third kappa shape index (κ3) is 8.39.